The van der Waals surface area contributed by atoms with Gasteiger partial charge in [-0.1, -0.05) is 40.2 Å². The van der Waals surface area contributed by atoms with Gasteiger partial charge in [0.15, 0.2) is 0 Å². The summed E-state index contributed by atoms with van der Waals surface area (Å²) in [5, 5.41) is 11.1. The van der Waals surface area contributed by atoms with Crippen LogP contribution >= 0.6 is 15.9 Å². The lowest BCUT2D eigenvalue weighted by Gasteiger charge is -2.14. The minimum Gasteiger partial charge on any atom is -0.507 e. The van der Waals surface area contributed by atoms with E-state index in [9.17, 15) is 5.11 Å². The van der Waals surface area contributed by atoms with Crippen molar-refractivity contribution in [1.82, 2.24) is 0 Å². The zero-order chi connectivity index (χ0) is 16.7. The van der Waals surface area contributed by atoms with E-state index in [0.717, 1.165) is 46.2 Å². The molecule has 23 heavy (non-hydrogen) atoms. The molecule has 2 nitrogen and oxygen atoms in total. The van der Waals surface area contributed by atoms with E-state index >= 15 is 0 Å². The van der Waals surface area contributed by atoms with E-state index in [-0.39, 0.29) is 5.75 Å². The maximum atomic E-state index is 10.3. The third kappa shape index (κ3) is 4.49. The van der Waals surface area contributed by atoms with Crippen LogP contribution in [-0.4, -0.2) is 17.0 Å². The molecule has 0 aliphatic heterocycles. The van der Waals surface area contributed by atoms with Crippen molar-refractivity contribution in [2.24, 2.45) is 0 Å². The highest BCUT2D eigenvalue weighted by Gasteiger charge is 2.12. The SMILES string of the molecule is C=CCc1ccc(O)c(-c2cc(CC=C)ccc2OCCBr)c1. The molecule has 0 radical (unpaired) electrons. The van der Waals surface area contributed by atoms with E-state index in [1.54, 1.807) is 6.07 Å². The van der Waals surface area contributed by atoms with Crippen LogP contribution in [0.3, 0.4) is 0 Å². The third-order valence-electron chi connectivity index (χ3n) is 3.49. The molecule has 0 heterocycles. The molecule has 0 spiro atoms. The summed E-state index contributed by atoms with van der Waals surface area (Å²) in [5.74, 6) is 1.01. The lowest BCUT2D eigenvalue weighted by atomic mass is 9.97. The monoisotopic (exact) mass is 372 g/mol. The fourth-order valence-corrected chi connectivity index (χ4v) is 2.61. The van der Waals surface area contributed by atoms with Crippen LogP contribution < -0.4 is 4.74 Å². The average molecular weight is 373 g/mol. The van der Waals surface area contributed by atoms with E-state index < -0.39 is 0 Å². The van der Waals surface area contributed by atoms with Crippen molar-refractivity contribution in [2.45, 2.75) is 12.8 Å². The lowest BCUT2D eigenvalue weighted by molar-refractivity contribution is 0.346. The minimum absolute atomic E-state index is 0.247. The normalized spacial score (nSPS) is 10.3. The van der Waals surface area contributed by atoms with Crippen molar-refractivity contribution in [1.29, 1.82) is 0 Å². The molecule has 0 aliphatic rings. The molecule has 1 N–H and O–H groups in total. The van der Waals surface area contributed by atoms with Gasteiger partial charge in [-0.25, -0.2) is 0 Å². The molecule has 0 saturated carbocycles. The number of benzene rings is 2. The van der Waals surface area contributed by atoms with Gasteiger partial charge in [0.1, 0.15) is 11.5 Å². The Labute approximate surface area is 146 Å². The molecular weight excluding hydrogens is 352 g/mol. The van der Waals surface area contributed by atoms with Gasteiger partial charge < -0.3 is 9.84 Å². The third-order valence-corrected chi connectivity index (χ3v) is 3.81. The summed E-state index contributed by atoms with van der Waals surface area (Å²) in [6.45, 7) is 8.13. The molecule has 2 rings (SSSR count). The molecule has 0 aliphatic carbocycles. The first-order valence-electron chi connectivity index (χ1n) is 7.55. The van der Waals surface area contributed by atoms with E-state index in [2.05, 4.69) is 35.2 Å². The Morgan fingerprint density at radius 2 is 1.57 bits per heavy atom. The molecule has 2 aromatic rings. The van der Waals surface area contributed by atoms with Crippen LogP contribution in [0.1, 0.15) is 11.1 Å². The Hall–Kier alpha value is -2.00. The molecule has 3 heteroatoms. The number of rotatable bonds is 8. The minimum atomic E-state index is 0.247. The quantitative estimate of drug-likeness (QED) is 0.503. The van der Waals surface area contributed by atoms with Crippen molar-refractivity contribution < 1.29 is 9.84 Å². The lowest BCUT2D eigenvalue weighted by Crippen LogP contribution is -2.00. The molecule has 2 aromatic carbocycles. The Bertz CT molecular complexity index is 692. The van der Waals surface area contributed by atoms with Gasteiger partial charge >= 0.3 is 0 Å². The molecular formula is C20H21BrO2. The summed E-state index contributed by atoms with van der Waals surface area (Å²) in [5.41, 5.74) is 3.91. The van der Waals surface area contributed by atoms with Crippen LogP contribution in [0.5, 0.6) is 11.5 Å². The molecule has 0 atom stereocenters. The van der Waals surface area contributed by atoms with Gasteiger partial charge in [0.05, 0.1) is 6.61 Å². The molecule has 0 unspecified atom stereocenters. The van der Waals surface area contributed by atoms with Gasteiger partial charge in [-0.15, -0.1) is 13.2 Å². The first-order valence-corrected chi connectivity index (χ1v) is 8.67. The summed E-state index contributed by atoms with van der Waals surface area (Å²) in [6, 6.07) is 11.7. The second kappa shape index (κ2) is 8.59. The number of alkyl halides is 1. The largest absolute Gasteiger partial charge is 0.507 e. The van der Waals surface area contributed by atoms with Gasteiger partial charge in [0.25, 0.3) is 0 Å². The summed E-state index contributed by atoms with van der Waals surface area (Å²) >= 11 is 3.37. The van der Waals surface area contributed by atoms with Crippen LogP contribution in [0.15, 0.2) is 61.7 Å². The van der Waals surface area contributed by atoms with E-state index in [4.69, 9.17) is 4.74 Å². The highest BCUT2D eigenvalue weighted by molar-refractivity contribution is 9.09. The number of halogens is 1. The Morgan fingerprint density at radius 1 is 0.957 bits per heavy atom. The fourth-order valence-electron chi connectivity index (χ4n) is 2.45. The number of phenolic OH excluding ortho intramolecular Hbond substituents is 1. The Morgan fingerprint density at radius 3 is 2.17 bits per heavy atom. The van der Waals surface area contributed by atoms with E-state index in [1.165, 1.54) is 0 Å². The van der Waals surface area contributed by atoms with Gasteiger partial charge in [-0.2, -0.15) is 0 Å². The standard InChI is InChI=1S/C20H21BrO2/c1-3-5-15-7-9-19(22)17(13-15)18-14-16(6-4-2)8-10-20(18)23-12-11-21/h3-4,7-10,13-14,22H,1-2,5-6,11-12H2. The van der Waals surface area contributed by atoms with Crippen LogP contribution in [0.2, 0.25) is 0 Å². The zero-order valence-electron chi connectivity index (χ0n) is 13.1. The fraction of sp³-hybridized carbons (Fsp3) is 0.200. The van der Waals surface area contributed by atoms with Crippen molar-refractivity contribution in [3.63, 3.8) is 0 Å². The van der Waals surface area contributed by atoms with Crippen LogP contribution in [0.25, 0.3) is 11.1 Å². The predicted octanol–water partition coefficient (Wildman–Crippen LogP) is 5.29. The van der Waals surface area contributed by atoms with Crippen LogP contribution in [0, 0.1) is 0 Å². The average Bonchev–Trinajstić information content (AvgIpc) is 2.56. The van der Waals surface area contributed by atoms with E-state index in [1.807, 2.05) is 36.4 Å². The smallest absolute Gasteiger partial charge is 0.127 e. The highest BCUT2D eigenvalue weighted by atomic mass is 79.9. The summed E-state index contributed by atoms with van der Waals surface area (Å²) < 4.78 is 5.82. The van der Waals surface area contributed by atoms with Crippen LogP contribution in [-0.2, 0) is 12.8 Å². The van der Waals surface area contributed by atoms with Crippen LogP contribution in [0.4, 0.5) is 0 Å². The number of ether oxygens (including phenoxy) is 1. The molecule has 0 aromatic heterocycles. The molecule has 0 bridgehead atoms. The van der Waals surface area contributed by atoms with Gasteiger partial charge in [-0.3, -0.25) is 0 Å². The van der Waals surface area contributed by atoms with Gasteiger partial charge in [0, 0.05) is 16.5 Å². The van der Waals surface area contributed by atoms with Crippen molar-refractivity contribution in [3.05, 3.63) is 72.8 Å². The first-order chi connectivity index (χ1) is 11.2. The molecule has 120 valence electrons. The second-order valence-corrected chi connectivity index (χ2v) is 6.00. The predicted molar refractivity (Wildman–Crippen MR) is 101 cm³/mol. The highest BCUT2D eigenvalue weighted by Crippen LogP contribution is 2.37. The number of aromatic hydroxyl groups is 1. The summed E-state index contributed by atoms with van der Waals surface area (Å²) in [6.07, 6.45) is 5.26. The topological polar surface area (TPSA) is 29.5 Å². The summed E-state index contributed by atoms with van der Waals surface area (Å²) in [7, 11) is 0. The second-order valence-electron chi connectivity index (χ2n) is 5.21. The van der Waals surface area contributed by atoms with Crippen molar-refractivity contribution >= 4 is 15.9 Å². The van der Waals surface area contributed by atoms with Gasteiger partial charge in [0.2, 0.25) is 0 Å². The first kappa shape index (κ1) is 17.4. The maximum Gasteiger partial charge on any atom is 0.127 e. The van der Waals surface area contributed by atoms with Gasteiger partial charge in [-0.05, 0) is 48.2 Å². The van der Waals surface area contributed by atoms with E-state index in [0.29, 0.717) is 6.61 Å². The number of phenols is 1. The molecule has 0 amide bonds. The maximum absolute atomic E-state index is 10.3. The Kier molecular flexibility index (Phi) is 6.48. The molecule has 0 fully saturated rings. The Balaban J connectivity index is 2.53. The summed E-state index contributed by atoms with van der Waals surface area (Å²) in [4.78, 5) is 0. The molecule has 0 saturated heterocycles. The van der Waals surface area contributed by atoms with Crippen molar-refractivity contribution in [3.8, 4) is 22.6 Å². The van der Waals surface area contributed by atoms with Crippen molar-refractivity contribution in [2.75, 3.05) is 11.9 Å². The number of hydrogen-bond acceptors (Lipinski definition) is 2. The number of allylic oxidation sites excluding steroid dienone is 2. The zero-order valence-corrected chi connectivity index (χ0v) is 14.7. The number of hydrogen-bond donors (Lipinski definition) is 1.